The van der Waals surface area contributed by atoms with Crippen LogP contribution in [0.15, 0.2) is 24.3 Å². The lowest BCUT2D eigenvalue weighted by Crippen LogP contribution is -2.54. The standard InChI is InChI=1S/C20H24F3N3O3/c1-12-8-18(2,3)11-19(9-12)16(28)26(17(29)25-19)10-15(27)24-14-6-4-13(5-7-14)20(21,22)23/h4-7,12H,8-11H2,1-3H3,(H,24,27)(H,25,29). The molecule has 0 aromatic heterocycles. The van der Waals surface area contributed by atoms with E-state index in [2.05, 4.69) is 10.6 Å². The second kappa shape index (κ2) is 7.03. The number of amides is 4. The first kappa shape index (κ1) is 21.1. The first-order valence-corrected chi connectivity index (χ1v) is 9.43. The number of hydrogen-bond acceptors (Lipinski definition) is 3. The van der Waals surface area contributed by atoms with Crippen molar-refractivity contribution in [3.05, 3.63) is 29.8 Å². The number of nitrogens with zero attached hydrogens (tertiary/aromatic N) is 1. The molecule has 0 radical (unpaired) electrons. The van der Waals surface area contributed by atoms with Gasteiger partial charge in [-0.3, -0.25) is 14.5 Å². The molecule has 1 aromatic carbocycles. The maximum atomic E-state index is 13.0. The van der Waals surface area contributed by atoms with Gasteiger partial charge in [-0.15, -0.1) is 0 Å². The molecule has 1 aromatic rings. The molecule has 2 fully saturated rings. The summed E-state index contributed by atoms with van der Waals surface area (Å²) >= 11 is 0. The van der Waals surface area contributed by atoms with E-state index in [1.54, 1.807) is 0 Å². The van der Waals surface area contributed by atoms with E-state index in [1.165, 1.54) is 0 Å². The van der Waals surface area contributed by atoms with Gasteiger partial charge in [0.15, 0.2) is 0 Å². The Kier molecular flexibility index (Phi) is 5.13. The predicted octanol–water partition coefficient (Wildman–Crippen LogP) is 3.78. The Labute approximate surface area is 166 Å². The Morgan fingerprint density at radius 1 is 1.21 bits per heavy atom. The van der Waals surface area contributed by atoms with Crippen LogP contribution in [0.2, 0.25) is 0 Å². The Morgan fingerprint density at radius 3 is 2.38 bits per heavy atom. The van der Waals surface area contributed by atoms with E-state index in [0.717, 1.165) is 35.6 Å². The minimum atomic E-state index is -4.47. The van der Waals surface area contributed by atoms with Gasteiger partial charge in [-0.25, -0.2) is 4.79 Å². The van der Waals surface area contributed by atoms with Gasteiger partial charge in [0, 0.05) is 5.69 Å². The summed E-state index contributed by atoms with van der Waals surface area (Å²) in [6.45, 7) is 5.62. The highest BCUT2D eigenvalue weighted by atomic mass is 19.4. The van der Waals surface area contributed by atoms with E-state index in [1.807, 2.05) is 20.8 Å². The molecule has 1 aliphatic carbocycles. The summed E-state index contributed by atoms with van der Waals surface area (Å²) in [6, 6.07) is 3.33. The van der Waals surface area contributed by atoms with Crippen LogP contribution in [0.1, 0.15) is 45.6 Å². The summed E-state index contributed by atoms with van der Waals surface area (Å²) in [6.07, 6.45) is -2.53. The minimum Gasteiger partial charge on any atom is -0.325 e. The average molecular weight is 411 g/mol. The Morgan fingerprint density at radius 2 is 1.83 bits per heavy atom. The number of benzene rings is 1. The van der Waals surface area contributed by atoms with Crippen LogP contribution < -0.4 is 10.6 Å². The molecule has 9 heteroatoms. The third-order valence-electron chi connectivity index (χ3n) is 5.42. The fourth-order valence-electron chi connectivity index (χ4n) is 4.74. The highest BCUT2D eigenvalue weighted by Gasteiger charge is 2.56. The van der Waals surface area contributed by atoms with Crippen LogP contribution in [0.25, 0.3) is 0 Å². The summed E-state index contributed by atoms with van der Waals surface area (Å²) in [7, 11) is 0. The maximum Gasteiger partial charge on any atom is 0.416 e. The molecular weight excluding hydrogens is 387 g/mol. The first-order chi connectivity index (χ1) is 13.3. The fourth-order valence-corrected chi connectivity index (χ4v) is 4.74. The molecule has 2 atom stereocenters. The van der Waals surface area contributed by atoms with E-state index in [-0.39, 0.29) is 17.0 Å². The Balaban J connectivity index is 1.68. The lowest BCUT2D eigenvalue weighted by atomic mass is 9.64. The molecule has 1 heterocycles. The number of anilines is 1. The van der Waals surface area contributed by atoms with Crippen molar-refractivity contribution in [2.24, 2.45) is 11.3 Å². The number of imide groups is 1. The van der Waals surface area contributed by atoms with E-state index < -0.39 is 41.7 Å². The lowest BCUT2D eigenvalue weighted by Gasteiger charge is -2.43. The van der Waals surface area contributed by atoms with Gasteiger partial charge in [0.25, 0.3) is 5.91 Å². The van der Waals surface area contributed by atoms with Gasteiger partial charge >= 0.3 is 12.2 Å². The number of carbonyl (C=O) groups is 3. The van der Waals surface area contributed by atoms with E-state index in [4.69, 9.17) is 0 Å². The third kappa shape index (κ3) is 4.38. The molecule has 1 spiro atoms. The molecule has 1 saturated carbocycles. The van der Waals surface area contributed by atoms with E-state index in [0.29, 0.717) is 12.8 Å². The van der Waals surface area contributed by atoms with Crippen molar-refractivity contribution in [3.63, 3.8) is 0 Å². The molecule has 0 bridgehead atoms. The molecule has 1 aliphatic heterocycles. The zero-order chi connectivity index (χ0) is 21.6. The van der Waals surface area contributed by atoms with Gasteiger partial charge in [0.05, 0.1) is 5.56 Å². The van der Waals surface area contributed by atoms with Crippen molar-refractivity contribution in [2.45, 2.75) is 51.7 Å². The van der Waals surface area contributed by atoms with Crippen LogP contribution in [0.5, 0.6) is 0 Å². The van der Waals surface area contributed by atoms with Crippen LogP contribution in [0.3, 0.4) is 0 Å². The number of hydrogen-bond donors (Lipinski definition) is 2. The van der Waals surface area contributed by atoms with Gasteiger partial charge < -0.3 is 10.6 Å². The van der Waals surface area contributed by atoms with Gasteiger partial charge in [-0.1, -0.05) is 20.8 Å². The lowest BCUT2D eigenvalue weighted by molar-refractivity contribution is -0.137. The molecule has 1 saturated heterocycles. The predicted molar refractivity (Wildman–Crippen MR) is 99.8 cm³/mol. The molecular formula is C20H24F3N3O3. The summed E-state index contributed by atoms with van der Waals surface area (Å²) in [5, 5.41) is 5.21. The second-order valence-corrected chi connectivity index (χ2v) is 8.88. The minimum absolute atomic E-state index is 0.126. The number of nitrogens with one attached hydrogen (secondary N) is 2. The van der Waals surface area contributed by atoms with Crippen LogP contribution in [-0.4, -0.2) is 34.8 Å². The molecule has 29 heavy (non-hydrogen) atoms. The third-order valence-corrected chi connectivity index (χ3v) is 5.42. The van der Waals surface area contributed by atoms with Crippen LogP contribution in [0.4, 0.5) is 23.7 Å². The Hall–Kier alpha value is -2.58. The smallest absolute Gasteiger partial charge is 0.325 e. The number of alkyl halides is 3. The summed E-state index contributed by atoms with van der Waals surface area (Å²) in [4.78, 5) is 38.6. The topological polar surface area (TPSA) is 78.5 Å². The largest absolute Gasteiger partial charge is 0.416 e. The first-order valence-electron chi connectivity index (χ1n) is 9.43. The zero-order valence-electron chi connectivity index (χ0n) is 16.5. The Bertz CT molecular complexity index is 836. The van der Waals surface area contributed by atoms with Gasteiger partial charge in [-0.2, -0.15) is 13.2 Å². The summed E-state index contributed by atoms with van der Waals surface area (Å²) < 4.78 is 37.9. The normalized spacial score (nSPS) is 26.6. The van der Waals surface area contributed by atoms with Crippen LogP contribution in [0, 0.1) is 11.3 Å². The van der Waals surface area contributed by atoms with Crippen molar-refractivity contribution < 1.29 is 27.6 Å². The fraction of sp³-hybridized carbons (Fsp3) is 0.550. The van der Waals surface area contributed by atoms with Crippen molar-refractivity contribution in [1.29, 1.82) is 0 Å². The van der Waals surface area contributed by atoms with Crippen molar-refractivity contribution in [2.75, 3.05) is 11.9 Å². The second-order valence-electron chi connectivity index (χ2n) is 8.88. The monoisotopic (exact) mass is 411 g/mol. The number of rotatable bonds is 3. The van der Waals surface area contributed by atoms with Gasteiger partial charge in [-0.05, 0) is 54.9 Å². The number of halogens is 3. The molecule has 2 N–H and O–H groups in total. The summed E-state index contributed by atoms with van der Waals surface area (Å²) in [5.41, 5.74) is -1.82. The van der Waals surface area contributed by atoms with Crippen LogP contribution in [-0.2, 0) is 15.8 Å². The quantitative estimate of drug-likeness (QED) is 0.743. The maximum absolute atomic E-state index is 13.0. The molecule has 2 unspecified atom stereocenters. The SMILES string of the molecule is CC1CC(C)(C)CC2(C1)NC(=O)N(CC(=O)Nc1ccc(C(F)(F)F)cc1)C2=O. The van der Waals surface area contributed by atoms with E-state index in [9.17, 15) is 27.6 Å². The van der Waals surface area contributed by atoms with Gasteiger partial charge in [0.1, 0.15) is 12.1 Å². The van der Waals surface area contributed by atoms with Crippen LogP contribution >= 0.6 is 0 Å². The van der Waals surface area contributed by atoms with Gasteiger partial charge in [0.2, 0.25) is 5.91 Å². The zero-order valence-corrected chi connectivity index (χ0v) is 16.5. The molecule has 2 aliphatic rings. The highest BCUT2D eigenvalue weighted by Crippen LogP contribution is 2.46. The number of carbonyl (C=O) groups excluding carboxylic acids is 3. The van der Waals surface area contributed by atoms with Crippen molar-refractivity contribution >= 4 is 23.5 Å². The number of urea groups is 1. The van der Waals surface area contributed by atoms with E-state index >= 15 is 0 Å². The molecule has 3 rings (SSSR count). The molecule has 4 amide bonds. The molecule has 158 valence electrons. The van der Waals surface area contributed by atoms with Crippen molar-refractivity contribution in [1.82, 2.24) is 10.2 Å². The van der Waals surface area contributed by atoms with Crippen molar-refractivity contribution in [3.8, 4) is 0 Å². The molecule has 6 nitrogen and oxygen atoms in total. The average Bonchev–Trinajstić information content (AvgIpc) is 2.76. The summed E-state index contributed by atoms with van der Waals surface area (Å²) in [5.74, 6) is -0.845. The highest BCUT2D eigenvalue weighted by molar-refractivity contribution is 6.10.